The molecule has 0 spiro atoms. The van der Waals surface area contributed by atoms with Crippen molar-refractivity contribution < 1.29 is 27.5 Å². The highest BCUT2D eigenvalue weighted by atomic mass is 32.2. The standard InChI is InChI=1S/C40H52N4O6S/c1-27-19-33(13-18-38(27)49-2)30-9-7-28(8-10-30)24-43(36-6-4-5-32(20-36)34-21-41-44(25-34)35-14-15-35)39(45)31-11-16-37(17-12-31)50-40(46)42-22-29(23-42)26-51(3,47)48/h4-6,13,18-21,25,28-31,35,37H,7-12,14-17,22-24,26H2,1-3H3/t28-,30-,31-,37-. The second kappa shape index (κ2) is 15.0. The Balaban J connectivity index is 1.00. The number of carbonyl (C=O) groups excluding carboxylic acids is 2. The molecule has 51 heavy (non-hydrogen) atoms. The van der Waals surface area contributed by atoms with E-state index >= 15 is 0 Å². The number of hydrogen-bond donors (Lipinski definition) is 0. The van der Waals surface area contributed by atoms with E-state index < -0.39 is 9.84 Å². The Hall–Kier alpha value is -3.86. The molecule has 274 valence electrons. The third-order valence-corrected chi connectivity index (χ3v) is 12.6. The predicted molar refractivity (Wildman–Crippen MR) is 198 cm³/mol. The summed E-state index contributed by atoms with van der Waals surface area (Å²) in [7, 11) is -1.35. The molecule has 0 radical (unpaired) electrons. The number of likely N-dealkylation sites (tertiary alicyclic amines) is 1. The van der Waals surface area contributed by atoms with E-state index in [1.165, 1.54) is 30.2 Å². The fraction of sp³-hybridized carbons (Fsp3) is 0.575. The molecule has 0 unspecified atom stereocenters. The number of methoxy groups -OCH3 is 1. The van der Waals surface area contributed by atoms with E-state index in [-0.39, 0.29) is 35.7 Å². The summed E-state index contributed by atoms with van der Waals surface area (Å²) in [6.07, 6.45) is 14.0. The van der Waals surface area contributed by atoms with Gasteiger partial charge in [-0.05, 0) is 118 Å². The van der Waals surface area contributed by atoms with Gasteiger partial charge in [0.15, 0.2) is 0 Å². The predicted octanol–water partition coefficient (Wildman–Crippen LogP) is 7.18. The molecule has 2 aromatic carbocycles. The van der Waals surface area contributed by atoms with E-state index in [2.05, 4.69) is 70.3 Å². The largest absolute Gasteiger partial charge is 0.496 e. The first-order valence-corrected chi connectivity index (χ1v) is 20.8. The quantitative estimate of drug-likeness (QED) is 0.207. The second-order valence-corrected chi connectivity index (χ2v) is 17.8. The van der Waals surface area contributed by atoms with Gasteiger partial charge in [-0.2, -0.15) is 5.10 Å². The van der Waals surface area contributed by atoms with Crippen LogP contribution in [0, 0.1) is 24.7 Å². The molecule has 3 aliphatic carbocycles. The molecule has 1 aromatic heterocycles. The zero-order chi connectivity index (χ0) is 35.7. The molecule has 10 nitrogen and oxygen atoms in total. The highest BCUT2D eigenvalue weighted by molar-refractivity contribution is 7.90. The van der Waals surface area contributed by atoms with E-state index in [0.29, 0.717) is 63.2 Å². The number of ether oxygens (including phenoxy) is 2. The summed E-state index contributed by atoms with van der Waals surface area (Å²) in [5.41, 5.74) is 5.61. The molecule has 0 N–H and O–H groups in total. The Morgan fingerprint density at radius 2 is 1.65 bits per heavy atom. The molecule has 0 bridgehead atoms. The maximum atomic E-state index is 14.5. The number of nitrogens with zero attached hydrogens (tertiary/aromatic N) is 4. The van der Waals surface area contributed by atoms with Crippen LogP contribution < -0.4 is 9.64 Å². The Morgan fingerprint density at radius 1 is 0.902 bits per heavy atom. The van der Waals surface area contributed by atoms with E-state index in [1.807, 2.05) is 6.20 Å². The summed E-state index contributed by atoms with van der Waals surface area (Å²) in [5.74, 6) is 1.94. The Bertz CT molecular complexity index is 1820. The van der Waals surface area contributed by atoms with Gasteiger partial charge in [-0.15, -0.1) is 0 Å². The number of carbonyl (C=O) groups is 2. The smallest absolute Gasteiger partial charge is 0.410 e. The van der Waals surface area contributed by atoms with Gasteiger partial charge in [-0.3, -0.25) is 9.48 Å². The SMILES string of the molecule is COc1ccc([C@H]2CC[C@H](CN(c3cccc(-c4cnn(C5CC5)c4)c3)C(=O)[C@H]3CC[C@H](OC(=O)N4CC(CS(C)(=O)=O)C4)CC3)CC2)cc1C. The van der Waals surface area contributed by atoms with Crippen molar-refractivity contribution >= 4 is 27.5 Å². The minimum absolute atomic E-state index is 0.0264. The van der Waals surface area contributed by atoms with Crippen LogP contribution in [0.3, 0.4) is 0 Å². The Kier molecular flexibility index (Phi) is 10.5. The van der Waals surface area contributed by atoms with Crippen LogP contribution >= 0.6 is 0 Å². The van der Waals surface area contributed by atoms with Gasteiger partial charge in [0.25, 0.3) is 0 Å². The van der Waals surface area contributed by atoms with Crippen LogP contribution in [0.4, 0.5) is 10.5 Å². The fourth-order valence-electron chi connectivity index (χ4n) is 8.41. The zero-order valence-corrected chi connectivity index (χ0v) is 31.0. The molecular formula is C40H52N4O6S. The van der Waals surface area contributed by atoms with Gasteiger partial charge in [-0.1, -0.05) is 24.3 Å². The van der Waals surface area contributed by atoms with Crippen LogP contribution in [-0.4, -0.2) is 80.0 Å². The van der Waals surface area contributed by atoms with E-state index in [1.54, 1.807) is 12.0 Å². The maximum Gasteiger partial charge on any atom is 0.410 e. The molecule has 4 aliphatic rings. The second-order valence-electron chi connectivity index (χ2n) is 15.6. The lowest BCUT2D eigenvalue weighted by Crippen LogP contribution is -2.53. The highest BCUT2D eigenvalue weighted by Crippen LogP contribution is 2.40. The number of sulfone groups is 1. The molecule has 1 aliphatic heterocycles. The first-order chi connectivity index (χ1) is 24.5. The number of benzene rings is 2. The molecule has 2 amide bonds. The van der Waals surface area contributed by atoms with Crippen LogP contribution in [0.2, 0.25) is 0 Å². The normalized spacial score (nSPS) is 24.1. The fourth-order valence-corrected chi connectivity index (χ4v) is 9.48. The van der Waals surface area contributed by atoms with Crippen LogP contribution in [0.1, 0.15) is 87.3 Å². The van der Waals surface area contributed by atoms with Gasteiger partial charge in [-0.25, -0.2) is 13.2 Å². The van der Waals surface area contributed by atoms with Gasteiger partial charge < -0.3 is 19.3 Å². The maximum absolute atomic E-state index is 14.5. The molecule has 3 aromatic rings. The third-order valence-electron chi connectivity index (χ3n) is 11.5. The Labute approximate surface area is 302 Å². The number of aryl methyl sites for hydroxylation is 1. The first kappa shape index (κ1) is 35.5. The van der Waals surface area contributed by atoms with Crippen molar-refractivity contribution in [1.29, 1.82) is 0 Å². The van der Waals surface area contributed by atoms with Crippen LogP contribution in [0.25, 0.3) is 11.1 Å². The van der Waals surface area contributed by atoms with Crippen LogP contribution in [0.5, 0.6) is 5.75 Å². The topological polar surface area (TPSA) is 111 Å². The third kappa shape index (κ3) is 8.62. The molecule has 1 saturated heterocycles. The van der Waals surface area contributed by atoms with Crippen LogP contribution in [0.15, 0.2) is 54.9 Å². The molecular weight excluding hydrogens is 665 g/mol. The highest BCUT2D eigenvalue weighted by Gasteiger charge is 2.37. The number of rotatable bonds is 11. The lowest BCUT2D eigenvalue weighted by molar-refractivity contribution is -0.124. The van der Waals surface area contributed by atoms with Crippen molar-refractivity contribution in [3.8, 4) is 16.9 Å². The molecule has 3 saturated carbocycles. The number of anilines is 1. The number of amides is 2. The zero-order valence-electron chi connectivity index (χ0n) is 30.2. The lowest BCUT2D eigenvalue weighted by Gasteiger charge is -2.39. The molecule has 2 heterocycles. The van der Waals surface area contributed by atoms with Crippen molar-refractivity contribution in [3.63, 3.8) is 0 Å². The molecule has 11 heteroatoms. The van der Waals surface area contributed by atoms with Crippen molar-refractivity contribution in [2.45, 2.75) is 89.2 Å². The summed E-state index contributed by atoms with van der Waals surface area (Å²) in [6.45, 7) is 3.62. The summed E-state index contributed by atoms with van der Waals surface area (Å²) in [4.78, 5) is 30.9. The number of aromatic nitrogens is 2. The summed E-state index contributed by atoms with van der Waals surface area (Å²) in [5, 5.41) is 4.61. The molecule has 4 fully saturated rings. The van der Waals surface area contributed by atoms with Gasteiger partial charge in [0, 0.05) is 55.2 Å². The summed E-state index contributed by atoms with van der Waals surface area (Å²) in [6, 6.07) is 15.4. The van der Waals surface area contributed by atoms with Gasteiger partial charge in [0.05, 0.1) is 25.1 Å². The van der Waals surface area contributed by atoms with Crippen molar-refractivity contribution in [2.24, 2.45) is 17.8 Å². The van der Waals surface area contributed by atoms with E-state index in [4.69, 9.17) is 9.47 Å². The minimum atomic E-state index is -3.07. The summed E-state index contributed by atoms with van der Waals surface area (Å²) >= 11 is 0. The van der Waals surface area contributed by atoms with Crippen molar-refractivity contribution in [3.05, 3.63) is 66.0 Å². The first-order valence-electron chi connectivity index (χ1n) is 18.8. The molecule has 0 atom stereocenters. The van der Waals surface area contributed by atoms with Gasteiger partial charge in [0.2, 0.25) is 5.91 Å². The van der Waals surface area contributed by atoms with Crippen molar-refractivity contribution in [1.82, 2.24) is 14.7 Å². The monoisotopic (exact) mass is 716 g/mol. The average molecular weight is 717 g/mol. The Morgan fingerprint density at radius 3 is 2.31 bits per heavy atom. The van der Waals surface area contributed by atoms with Gasteiger partial charge in [0.1, 0.15) is 21.7 Å². The summed E-state index contributed by atoms with van der Waals surface area (Å²) < 4.78 is 36.6. The number of hydrogen-bond acceptors (Lipinski definition) is 7. The van der Waals surface area contributed by atoms with Gasteiger partial charge >= 0.3 is 6.09 Å². The molecule has 7 rings (SSSR count). The van der Waals surface area contributed by atoms with Crippen molar-refractivity contribution in [2.75, 3.05) is 43.7 Å². The minimum Gasteiger partial charge on any atom is -0.496 e. The van der Waals surface area contributed by atoms with E-state index in [0.717, 1.165) is 48.2 Å². The average Bonchev–Trinajstić information content (AvgIpc) is 3.84. The lowest BCUT2D eigenvalue weighted by atomic mass is 9.78. The van der Waals surface area contributed by atoms with Crippen LogP contribution in [-0.2, 0) is 19.4 Å². The van der Waals surface area contributed by atoms with E-state index in [9.17, 15) is 18.0 Å².